The molecular formula is C13H17BrN6O5S. The maximum Gasteiger partial charge on any atom is 0.344 e. The zero-order valence-electron chi connectivity index (χ0n) is 13.3. The molecule has 7 N–H and O–H groups in total. The molecule has 11 nitrogen and oxygen atoms in total. The lowest BCUT2D eigenvalue weighted by Gasteiger charge is -2.08. The molecule has 2 rings (SSSR count). The average molecular weight is 449 g/mol. The van der Waals surface area contributed by atoms with Crippen molar-refractivity contribution in [3.8, 4) is 0 Å². The van der Waals surface area contributed by atoms with Crippen LogP contribution < -0.4 is 21.4 Å². The normalized spacial score (nSPS) is 18.7. The Morgan fingerprint density at radius 2 is 2.31 bits per heavy atom. The Bertz CT molecular complexity index is 875. The topological polar surface area (TPSA) is 187 Å². The van der Waals surface area contributed by atoms with Crippen LogP contribution in [0.4, 0.5) is 0 Å². The molecule has 2 heterocycles. The van der Waals surface area contributed by atoms with Crippen LogP contribution in [0.2, 0.25) is 0 Å². The number of halogens is 1. The zero-order chi connectivity index (χ0) is 19.3. The molecule has 142 valence electrons. The van der Waals surface area contributed by atoms with E-state index in [9.17, 15) is 22.9 Å². The maximum absolute atomic E-state index is 11.9. The average Bonchev–Trinajstić information content (AvgIpc) is 3.10. The molecule has 0 aliphatic carbocycles. The number of H-pyrrole nitrogens is 1. The summed E-state index contributed by atoms with van der Waals surface area (Å²) in [4.78, 5) is 21.2. The molecule has 0 saturated carbocycles. The van der Waals surface area contributed by atoms with Crippen molar-refractivity contribution < 1.29 is 27.9 Å². The molecular weight excluding hydrogens is 432 g/mol. The molecule has 1 amide bonds. The number of aliphatic hydroxyl groups is 1. The van der Waals surface area contributed by atoms with Crippen molar-refractivity contribution in [2.45, 2.75) is 6.10 Å². The highest BCUT2D eigenvalue weighted by molar-refractivity contribution is 9.10. The van der Waals surface area contributed by atoms with E-state index in [4.69, 9.17) is 5.73 Å². The van der Waals surface area contributed by atoms with Gasteiger partial charge in [0, 0.05) is 17.2 Å². The van der Waals surface area contributed by atoms with Crippen LogP contribution in [0.15, 0.2) is 33.5 Å². The molecule has 0 unspecified atom stereocenters. The third-order valence-electron chi connectivity index (χ3n) is 3.12. The van der Waals surface area contributed by atoms with Gasteiger partial charge in [-0.2, -0.15) is 0 Å². The Morgan fingerprint density at radius 3 is 2.92 bits per heavy atom. The fourth-order valence-corrected chi connectivity index (χ4v) is 2.69. The van der Waals surface area contributed by atoms with Crippen molar-refractivity contribution >= 4 is 43.8 Å². The minimum absolute atomic E-state index is 0.0381. The van der Waals surface area contributed by atoms with Gasteiger partial charge in [0.1, 0.15) is 11.4 Å². The van der Waals surface area contributed by atoms with Gasteiger partial charge in [0.15, 0.2) is 0 Å². The number of aliphatic hydroxyl groups excluding tert-OH is 1. The summed E-state index contributed by atoms with van der Waals surface area (Å²) in [5.74, 6) is -0.795. The number of aliphatic imine (C=N–C) groups is 1. The summed E-state index contributed by atoms with van der Waals surface area (Å²) >= 11 is 3.21. The first-order valence-electron chi connectivity index (χ1n) is 7.32. The highest BCUT2D eigenvalue weighted by Crippen LogP contribution is 2.10. The van der Waals surface area contributed by atoms with Gasteiger partial charge in [-0.05, 0) is 33.1 Å². The minimum Gasteiger partial charge on any atom is -0.748 e. The molecule has 1 atom stereocenters. The van der Waals surface area contributed by atoms with E-state index in [1.54, 1.807) is 12.3 Å². The Kier molecular flexibility index (Phi) is 6.52. The molecule has 0 radical (unpaired) electrons. The van der Waals surface area contributed by atoms with Crippen LogP contribution >= 0.6 is 15.9 Å². The Balaban J connectivity index is 1.95. The summed E-state index contributed by atoms with van der Waals surface area (Å²) in [7, 11) is -4.36. The number of aromatic nitrogens is 1. The molecule has 26 heavy (non-hydrogen) atoms. The summed E-state index contributed by atoms with van der Waals surface area (Å²) in [6.45, 7) is -0.242. The molecule has 0 bridgehead atoms. The highest BCUT2D eigenvalue weighted by Gasteiger charge is 2.26. The van der Waals surface area contributed by atoms with Crippen LogP contribution in [0, 0.1) is 0 Å². The zero-order valence-corrected chi connectivity index (χ0v) is 15.7. The van der Waals surface area contributed by atoms with Crippen LogP contribution in [0.25, 0.3) is 0 Å². The van der Waals surface area contributed by atoms with E-state index in [1.807, 2.05) is 0 Å². The van der Waals surface area contributed by atoms with Crippen molar-refractivity contribution in [3.63, 3.8) is 0 Å². The van der Waals surface area contributed by atoms with E-state index in [-0.39, 0.29) is 24.9 Å². The number of rotatable bonds is 7. The third kappa shape index (κ3) is 6.25. The maximum atomic E-state index is 11.9. The van der Waals surface area contributed by atoms with E-state index in [0.29, 0.717) is 11.4 Å². The van der Waals surface area contributed by atoms with Gasteiger partial charge in [0.05, 0.1) is 28.5 Å². The van der Waals surface area contributed by atoms with E-state index in [1.165, 1.54) is 6.08 Å². The number of amidine groups is 1. The number of nitrogens with one attached hydrogen (secondary N) is 4. The summed E-state index contributed by atoms with van der Waals surface area (Å²) < 4.78 is 32.6. The smallest absolute Gasteiger partial charge is 0.344 e. The van der Waals surface area contributed by atoms with Crippen LogP contribution in [0.3, 0.4) is 0 Å². The summed E-state index contributed by atoms with van der Waals surface area (Å²) in [6.07, 6.45) is 1.88. The minimum atomic E-state index is -4.36. The number of nitrogens with two attached hydrogens (primary N) is 1. The number of carbonyl (C=O) groups is 1. The van der Waals surface area contributed by atoms with Crippen LogP contribution in [0.1, 0.15) is 10.5 Å². The number of aromatic amines is 1. The second-order valence-electron chi connectivity index (χ2n) is 5.25. The SMILES string of the molecule is NC1=NC(=[NH+]CCS(=O)(=O)[O-])/C(=C/[C@H](O)CNC(=O)c2cc(Br)c[nH]2)N1. The summed E-state index contributed by atoms with van der Waals surface area (Å²) in [5, 5.41) is 15.3. The largest absolute Gasteiger partial charge is 0.748 e. The number of amides is 1. The van der Waals surface area contributed by atoms with Gasteiger partial charge in [0.25, 0.3) is 5.91 Å². The number of guanidine groups is 1. The lowest BCUT2D eigenvalue weighted by molar-refractivity contribution is -0.451. The van der Waals surface area contributed by atoms with Gasteiger partial charge in [-0.3, -0.25) is 15.1 Å². The molecule has 0 aromatic carbocycles. The molecule has 0 spiro atoms. The van der Waals surface area contributed by atoms with E-state index < -0.39 is 27.9 Å². The fraction of sp³-hybridized carbons (Fsp3) is 0.308. The quantitative estimate of drug-likeness (QED) is 0.235. The van der Waals surface area contributed by atoms with Gasteiger partial charge in [-0.25, -0.2) is 8.42 Å². The third-order valence-corrected chi connectivity index (χ3v) is 4.28. The van der Waals surface area contributed by atoms with Crippen LogP contribution in [0.5, 0.6) is 0 Å². The van der Waals surface area contributed by atoms with Gasteiger partial charge in [0.2, 0.25) is 0 Å². The van der Waals surface area contributed by atoms with Crippen molar-refractivity contribution in [1.82, 2.24) is 15.6 Å². The van der Waals surface area contributed by atoms with Crippen molar-refractivity contribution in [1.29, 1.82) is 0 Å². The predicted molar refractivity (Wildman–Crippen MR) is 95.1 cm³/mol. The van der Waals surface area contributed by atoms with Crippen molar-refractivity contribution in [3.05, 3.63) is 34.2 Å². The van der Waals surface area contributed by atoms with Gasteiger partial charge in [-0.15, -0.1) is 0 Å². The summed E-state index contributed by atoms with van der Waals surface area (Å²) in [5.41, 5.74) is 6.18. The molecule has 1 aliphatic rings. The second kappa shape index (κ2) is 8.44. The van der Waals surface area contributed by atoms with E-state index >= 15 is 0 Å². The number of hydrogen-bond donors (Lipinski definition) is 6. The summed E-state index contributed by atoms with van der Waals surface area (Å²) in [6, 6.07) is 1.59. The lowest BCUT2D eigenvalue weighted by atomic mass is 10.2. The first-order valence-corrected chi connectivity index (χ1v) is 9.69. The van der Waals surface area contributed by atoms with E-state index in [2.05, 4.69) is 41.5 Å². The molecule has 1 aliphatic heterocycles. The molecule has 1 aromatic heterocycles. The van der Waals surface area contributed by atoms with Crippen LogP contribution in [-0.2, 0) is 10.1 Å². The van der Waals surface area contributed by atoms with Crippen molar-refractivity contribution in [2.24, 2.45) is 10.7 Å². The Hall–Kier alpha value is -2.22. The monoisotopic (exact) mass is 448 g/mol. The first kappa shape index (κ1) is 20.1. The van der Waals surface area contributed by atoms with Gasteiger partial charge in [-0.1, -0.05) is 0 Å². The lowest BCUT2D eigenvalue weighted by Crippen LogP contribution is -2.74. The highest BCUT2D eigenvalue weighted by atomic mass is 79.9. The van der Waals surface area contributed by atoms with Crippen LogP contribution in [-0.4, -0.2) is 65.7 Å². The Labute approximate surface area is 157 Å². The van der Waals surface area contributed by atoms with Gasteiger partial charge >= 0.3 is 11.8 Å². The standard InChI is InChI=1S/C13H17BrN6O5S/c14-7-3-10(17-5-7)12(22)18-6-8(21)4-9-11(20-13(15)19-9)16-1-2-26(23,24)25/h3-5,8,17,21H,1-2,6H2,(H,18,22)(H,23,24,25)(H3,15,16,19,20)/b9-4-/t8-/m0/s1. The molecule has 1 aromatic rings. The fourth-order valence-electron chi connectivity index (χ4n) is 2.00. The second-order valence-corrected chi connectivity index (χ2v) is 7.69. The van der Waals surface area contributed by atoms with E-state index in [0.717, 1.165) is 4.47 Å². The first-order chi connectivity index (χ1) is 12.1. The number of carbonyl (C=O) groups excluding carboxylic acids is 1. The molecule has 0 fully saturated rings. The number of hydrogen-bond acceptors (Lipinski definition) is 7. The predicted octanol–water partition coefficient (Wildman–Crippen LogP) is -3.31. The molecule has 0 saturated heterocycles. The molecule has 13 heteroatoms. The van der Waals surface area contributed by atoms with Gasteiger partial charge < -0.3 is 25.7 Å². The Morgan fingerprint density at radius 1 is 1.58 bits per heavy atom. The van der Waals surface area contributed by atoms with Crippen molar-refractivity contribution in [2.75, 3.05) is 18.8 Å². The number of nitrogens with zero attached hydrogens (tertiary/aromatic N) is 1.